The molecule has 0 fully saturated rings. The Morgan fingerprint density at radius 3 is 2.72 bits per heavy atom. The summed E-state index contributed by atoms with van der Waals surface area (Å²) in [7, 11) is 0. The lowest BCUT2D eigenvalue weighted by atomic mass is 10.6. The first-order valence-electron chi connectivity index (χ1n) is 4.92. The summed E-state index contributed by atoms with van der Waals surface area (Å²) in [5.41, 5.74) is 6.13. The van der Waals surface area contributed by atoms with Gasteiger partial charge in [-0.15, -0.1) is 21.5 Å². The largest absolute Gasteiger partial charge is 0.369 e. The predicted octanol–water partition coefficient (Wildman–Crippen LogP) is 2.17. The molecule has 2 N–H and O–H groups in total. The highest BCUT2D eigenvalue weighted by atomic mass is 32.2. The fourth-order valence-electron chi connectivity index (χ4n) is 1.06. The number of thiazole rings is 1. The van der Waals surface area contributed by atoms with Crippen LogP contribution in [-0.2, 0) is 10.5 Å². The molecule has 5 nitrogen and oxygen atoms in total. The van der Waals surface area contributed by atoms with E-state index < -0.39 is 0 Å². The Bertz CT molecular complexity index is 538. The Kier molecular flexibility index (Phi) is 4.98. The Balaban J connectivity index is 1.84. The molecule has 0 atom stereocenters. The van der Waals surface area contributed by atoms with Crippen LogP contribution in [0.3, 0.4) is 0 Å². The minimum Gasteiger partial charge on any atom is -0.369 e. The fourth-order valence-corrected chi connectivity index (χ4v) is 4.43. The molecule has 96 valence electrons. The van der Waals surface area contributed by atoms with Gasteiger partial charge in [-0.1, -0.05) is 34.9 Å². The van der Waals surface area contributed by atoms with Crippen molar-refractivity contribution in [3.8, 4) is 0 Å². The number of primary amides is 1. The third-order valence-corrected chi connectivity index (χ3v) is 5.80. The van der Waals surface area contributed by atoms with Gasteiger partial charge in [-0.25, -0.2) is 4.98 Å². The van der Waals surface area contributed by atoms with Crippen LogP contribution in [0, 0.1) is 6.92 Å². The second kappa shape index (κ2) is 6.50. The Morgan fingerprint density at radius 2 is 2.11 bits per heavy atom. The van der Waals surface area contributed by atoms with Crippen molar-refractivity contribution >= 4 is 52.1 Å². The first kappa shape index (κ1) is 13.8. The van der Waals surface area contributed by atoms with E-state index in [9.17, 15) is 4.79 Å². The van der Waals surface area contributed by atoms with Crippen LogP contribution in [0.25, 0.3) is 0 Å². The zero-order valence-electron chi connectivity index (χ0n) is 9.45. The highest BCUT2D eigenvalue weighted by molar-refractivity contribution is 8.03. The molecule has 0 radical (unpaired) electrons. The summed E-state index contributed by atoms with van der Waals surface area (Å²) in [6, 6.07) is 0. The van der Waals surface area contributed by atoms with Crippen LogP contribution < -0.4 is 5.73 Å². The van der Waals surface area contributed by atoms with Gasteiger partial charge in [0, 0.05) is 11.1 Å². The van der Waals surface area contributed by atoms with Gasteiger partial charge in [0.2, 0.25) is 5.91 Å². The maximum absolute atomic E-state index is 10.6. The number of nitrogens with zero attached hydrogens (tertiary/aromatic N) is 3. The lowest BCUT2D eigenvalue weighted by Gasteiger charge is -1.91. The van der Waals surface area contributed by atoms with Gasteiger partial charge in [-0.2, -0.15) is 0 Å². The Labute approximate surface area is 121 Å². The maximum Gasteiger partial charge on any atom is 0.227 e. The van der Waals surface area contributed by atoms with Crippen molar-refractivity contribution in [1.82, 2.24) is 15.2 Å². The smallest absolute Gasteiger partial charge is 0.227 e. The molecule has 0 aliphatic carbocycles. The van der Waals surface area contributed by atoms with Crippen LogP contribution in [0.1, 0.15) is 10.7 Å². The van der Waals surface area contributed by atoms with Crippen molar-refractivity contribution < 1.29 is 4.79 Å². The van der Waals surface area contributed by atoms with E-state index in [-0.39, 0.29) is 11.7 Å². The zero-order valence-corrected chi connectivity index (χ0v) is 12.7. The summed E-state index contributed by atoms with van der Waals surface area (Å²) >= 11 is 6.04. The molecule has 0 spiro atoms. The molecule has 18 heavy (non-hydrogen) atoms. The van der Waals surface area contributed by atoms with Crippen molar-refractivity contribution in [3.63, 3.8) is 0 Å². The van der Waals surface area contributed by atoms with Crippen molar-refractivity contribution in [3.05, 3.63) is 16.1 Å². The van der Waals surface area contributed by atoms with E-state index in [4.69, 9.17) is 5.73 Å². The molecule has 0 aromatic carbocycles. The van der Waals surface area contributed by atoms with E-state index in [1.165, 1.54) is 23.1 Å². The molecule has 0 saturated heterocycles. The van der Waals surface area contributed by atoms with Gasteiger partial charge in [0.25, 0.3) is 0 Å². The average molecular weight is 318 g/mol. The number of hydrogen-bond acceptors (Lipinski definition) is 8. The second-order valence-electron chi connectivity index (χ2n) is 3.24. The molecule has 2 heterocycles. The highest BCUT2D eigenvalue weighted by Gasteiger charge is 2.08. The maximum atomic E-state index is 10.6. The molecule has 2 aromatic heterocycles. The van der Waals surface area contributed by atoms with Gasteiger partial charge in [-0.3, -0.25) is 4.79 Å². The van der Waals surface area contributed by atoms with Gasteiger partial charge in [-0.05, 0) is 6.92 Å². The molecule has 9 heteroatoms. The van der Waals surface area contributed by atoms with E-state index in [1.54, 1.807) is 23.1 Å². The lowest BCUT2D eigenvalue weighted by molar-refractivity contribution is -0.115. The van der Waals surface area contributed by atoms with Gasteiger partial charge < -0.3 is 5.73 Å². The molecular weight excluding hydrogens is 308 g/mol. The topological polar surface area (TPSA) is 81.8 Å². The van der Waals surface area contributed by atoms with Crippen molar-refractivity contribution in [2.75, 3.05) is 5.75 Å². The van der Waals surface area contributed by atoms with Gasteiger partial charge in [0.05, 0.1) is 16.5 Å². The molecule has 0 bridgehead atoms. The SMILES string of the molecule is Cc1nc(CSc2nnc(SCC(N)=O)s2)cs1. The predicted molar refractivity (Wildman–Crippen MR) is 76.2 cm³/mol. The monoisotopic (exact) mass is 318 g/mol. The fraction of sp³-hybridized carbons (Fsp3) is 0.333. The van der Waals surface area contributed by atoms with Gasteiger partial charge >= 0.3 is 0 Å². The molecular formula is C9H10N4OS4. The van der Waals surface area contributed by atoms with Gasteiger partial charge in [0.15, 0.2) is 8.68 Å². The van der Waals surface area contributed by atoms with Crippen LogP contribution in [-0.4, -0.2) is 26.8 Å². The van der Waals surface area contributed by atoms with E-state index in [0.29, 0.717) is 0 Å². The highest BCUT2D eigenvalue weighted by Crippen LogP contribution is 2.30. The van der Waals surface area contributed by atoms with Crippen LogP contribution >= 0.6 is 46.2 Å². The number of carbonyl (C=O) groups excluding carboxylic acids is 1. The summed E-state index contributed by atoms with van der Waals surface area (Å²) in [6.45, 7) is 1.99. The van der Waals surface area contributed by atoms with E-state index in [1.807, 2.05) is 12.3 Å². The summed E-state index contributed by atoms with van der Waals surface area (Å²) in [5.74, 6) is 0.687. The second-order valence-corrected chi connectivity index (χ2v) is 7.72. The molecule has 0 aliphatic heterocycles. The lowest BCUT2D eigenvalue weighted by Crippen LogP contribution is -2.12. The quantitative estimate of drug-likeness (QED) is 0.822. The van der Waals surface area contributed by atoms with Crippen LogP contribution in [0.5, 0.6) is 0 Å². The first-order chi connectivity index (χ1) is 8.63. The summed E-state index contributed by atoms with van der Waals surface area (Å²) in [4.78, 5) is 15.0. The molecule has 0 saturated carbocycles. The molecule has 2 rings (SSSR count). The molecule has 1 amide bonds. The Morgan fingerprint density at radius 1 is 1.39 bits per heavy atom. The Hall–Kier alpha value is -0.640. The number of carbonyl (C=O) groups is 1. The van der Waals surface area contributed by atoms with Crippen LogP contribution in [0.4, 0.5) is 0 Å². The minimum absolute atomic E-state index is 0.241. The van der Waals surface area contributed by atoms with Crippen molar-refractivity contribution in [1.29, 1.82) is 0 Å². The number of nitrogens with two attached hydrogens (primary N) is 1. The zero-order chi connectivity index (χ0) is 13.0. The molecule has 0 aliphatic rings. The molecule has 2 aromatic rings. The van der Waals surface area contributed by atoms with Crippen LogP contribution in [0.2, 0.25) is 0 Å². The summed E-state index contributed by atoms with van der Waals surface area (Å²) in [5, 5.41) is 11.2. The summed E-state index contributed by atoms with van der Waals surface area (Å²) in [6.07, 6.45) is 0. The number of thioether (sulfide) groups is 2. The number of hydrogen-bond donors (Lipinski definition) is 1. The first-order valence-corrected chi connectivity index (χ1v) is 8.58. The van der Waals surface area contributed by atoms with Crippen LogP contribution in [0.15, 0.2) is 14.1 Å². The van der Waals surface area contributed by atoms with Gasteiger partial charge in [0.1, 0.15) is 0 Å². The summed E-state index contributed by atoms with van der Waals surface area (Å²) < 4.78 is 1.65. The number of aromatic nitrogens is 3. The van der Waals surface area contributed by atoms with Crippen molar-refractivity contribution in [2.24, 2.45) is 5.73 Å². The number of aryl methyl sites for hydroxylation is 1. The third-order valence-electron chi connectivity index (χ3n) is 1.74. The average Bonchev–Trinajstić information content (AvgIpc) is 2.93. The standard InChI is InChI=1S/C9H10N4OS4/c1-5-11-6(2-15-5)3-16-8-12-13-9(18-8)17-4-7(10)14/h2H,3-4H2,1H3,(H2,10,14). The van der Waals surface area contributed by atoms with E-state index >= 15 is 0 Å². The van der Waals surface area contributed by atoms with E-state index in [0.717, 1.165) is 25.1 Å². The van der Waals surface area contributed by atoms with Crippen molar-refractivity contribution in [2.45, 2.75) is 21.4 Å². The third kappa shape index (κ3) is 4.23. The normalized spacial score (nSPS) is 10.7. The minimum atomic E-state index is -0.345. The number of rotatable bonds is 6. The number of amides is 1. The molecule has 0 unspecified atom stereocenters. The van der Waals surface area contributed by atoms with E-state index in [2.05, 4.69) is 15.2 Å².